The number of sulfonamides is 1. The van der Waals surface area contributed by atoms with E-state index in [0.29, 0.717) is 25.9 Å². The Bertz CT molecular complexity index is 1100. The average molecular weight is 473 g/mol. The summed E-state index contributed by atoms with van der Waals surface area (Å²) in [6, 6.07) is 8.39. The number of aliphatic hydroxyl groups is 1. The van der Waals surface area contributed by atoms with Gasteiger partial charge in [-0.15, -0.1) is 0 Å². The Balaban J connectivity index is 1.37. The van der Waals surface area contributed by atoms with Gasteiger partial charge in [0, 0.05) is 37.4 Å². The first-order valence-electron chi connectivity index (χ1n) is 12.2. The molecule has 1 spiro atoms. The van der Waals surface area contributed by atoms with Crippen LogP contribution in [0.3, 0.4) is 0 Å². The van der Waals surface area contributed by atoms with Gasteiger partial charge in [0.1, 0.15) is 0 Å². The first kappa shape index (κ1) is 23.1. The molecule has 2 bridgehead atoms. The number of allylic oxidation sites excluding steroid dienone is 1. The zero-order valence-electron chi connectivity index (χ0n) is 19.9. The van der Waals surface area contributed by atoms with Crippen LogP contribution in [-0.4, -0.2) is 54.7 Å². The number of carbonyl (C=O) groups is 1. The summed E-state index contributed by atoms with van der Waals surface area (Å²) in [5.41, 5.74) is 0.194. The molecule has 1 saturated heterocycles. The van der Waals surface area contributed by atoms with Crippen molar-refractivity contribution < 1.29 is 18.3 Å². The van der Waals surface area contributed by atoms with Crippen LogP contribution < -0.4 is 5.32 Å². The minimum absolute atomic E-state index is 0.0565. The van der Waals surface area contributed by atoms with E-state index >= 15 is 0 Å². The molecule has 2 saturated carbocycles. The fourth-order valence-corrected chi connectivity index (χ4v) is 9.96. The van der Waals surface area contributed by atoms with E-state index in [-0.39, 0.29) is 35.0 Å². The molecule has 4 aliphatic rings. The van der Waals surface area contributed by atoms with Crippen molar-refractivity contribution in [2.45, 2.75) is 63.9 Å². The predicted octanol–water partition coefficient (Wildman–Crippen LogP) is 3.07. The third kappa shape index (κ3) is 3.26. The Kier molecular flexibility index (Phi) is 5.17. The highest BCUT2D eigenvalue weighted by atomic mass is 32.2. The largest absolute Gasteiger partial charge is 0.387 e. The molecule has 1 amide bonds. The van der Waals surface area contributed by atoms with Crippen molar-refractivity contribution in [2.75, 3.05) is 25.4 Å². The third-order valence-corrected chi connectivity index (χ3v) is 11.8. The second-order valence-corrected chi connectivity index (χ2v) is 13.4. The number of nitrogens with zero attached hydrogens (tertiary/aromatic N) is 1. The molecule has 1 aromatic rings. The number of carbonyl (C=O) groups excluding carboxylic acids is 1. The van der Waals surface area contributed by atoms with E-state index in [1.807, 2.05) is 6.07 Å². The van der Waals surface area contributed by atoms with Gasteiger partial charge in [-0.05, 0) is 54.6 Å². The molecule has 3 aliphatic carbocycles. The average Bonchev–Trinajstić information content (AvgIpc) is 3.28. The van der Waals surface area contributed by atoms with Crippen LogP contribution in [0, 0.1) is 16.7 Å². The van der Waals surface area contributed by atoms with Crippen LogP contribution in [0.1, 0.15) is 64.0 Å². The van der Waals surface area contributed by atoms with Crippen molar-refractivity contribution >= 4 is 22.0 Å². The first-order chi connectivity index (χ1) is 15.4. The van der Waals surface area contributed by atoms with Crippen LogP contribution in [0.4, 0.5) is 0 Å². The summed E-state index contributed by atoms with van der Waals surface area (Å²) in [6.07, 6.45) is 8.11. The maximum atomic E-state index is 13.8. The Morgan fingerprint density at radius 3 is 2.55 bits per heavy atom. The van der Waals surface area contributed by atoms with Gasteiger partial charge in [0.15, 0.2) is 0 Å². The van der Waals surface area contributed by atoms with Crippen molar-refractivity contribution in [3.05, 3.63) is 41.5 Å². The summed E-state index contributed by atoms with van der Waals surface area (Å²) in [5, 5.41) is 14.5. The summed E-state index contributed by atoms with van der Waals surface area (Å²) in [4.78, 5) is 11.6. The third-order valence-electron chi connectivity index (χ3n) is 9.79. The molecule has 0 aromatic heterocycles. The molecule has 6 nitrogen and oxygen atoms in total. The van der Waals surface area contributed by atoms with Crippen LogP contribution in [0.15, 0.2) is 30.3 Å². The van der Waals surface area contributed by atoms with E-state index < -0.39 is 21.0 Å². The van der Waals surface area contributed by atoms with Gasteiger partial charge in [-0.2, -0.15) is 0 Å². The summed E-state index contributed by atoms with van der Waals surface area (Å²) >= 11 is 0. The molecule has 33 heavy (non-hydrogen) atoms. The molecule has 7 heteroatoms. The highest BCUT2D eigenvalue weighted by Gasteiger charge is 2.71. The van der Waals surface area contributed by atoms with Gasteiger partial charge in [0.05, 0.1) is 11.4 Å². The maximum Gasteiger partial charge on any atom is 0.216 e. The quantitative estimate of drug-likeness (QED) is 0.690. The van der Waals surface area contributed by atoms with E-state index in [1.54, 1.807) is 4.31 Å². The van der Waals surface area contributed by atoms with E-state index in [4.69, 9.17) is 0 Å². The van der Waals surface area contributed by atoms with Gasteiger partial charge in [-0.25, -0.2) is 12.7 Å². The van der Waals surface area contributed by atoms with Crippen LogP contribution in [0.5, 0.6) is 0 Å². The Labute approximate surface area is 197 Å². The molecular weight excluding hydrogens is 436 g/mol. The van der Waals surface area contributed by atoms with Crippen molar-refractivity contribution in [2.24, 2.45) is 16.7 Å². The highest BCUT2D eigenvalue weighted by Crippen LogP contribution is 2.70. The zero-order chi connectivity index (χ0) is 23.7. The smallest absolute Gasteiger partial charge is 0.216 e. The number of amides is 1. The lowest BCUT2D eigenvalue weighted by atomic mass is 9.64. The van der Waals surface area contributed by atoms with Gasteiger partial charge in [0.25, 0.3) is 0 Å². The SMILES string of the molecule is CC(=O)NC[C@@]1(O)C[C@H]2CC[C@]1(CS(=O)(=O)N1CCC3(C=Cc4ccccc43)CC1)C2(C)C. The van der Waals surface area contributed by atoms with Crippen LogP contribution in [-0.2, 0) is 20.2 Å². The zero-order valence-corrected chi connectivity index (χ0v) is 20.7. The Hall–Kier alpha value is -1.70. The molecule has 0 unspecified atom stereocenters. The second-order valence-electron chi connectivity index (χ2n) is 11.4. The Morgan fingerprint density at radius 2 is 1.88 bits per heavy atom. The monoisotopic (exact) mass is 472 g/mol. The van der Waals surface area contributed by atoms with Crippen molar-refractivity contribution in [3.8, 4) is 0 Å². The number of fused-ring (bicyclic) bond motifs is 4. The van der Waals surface area contributed by atoms with E-state index in [0.717, 1.165) is 19.3 Å². The van der Waals surface area contributed by atoms with E-state index in [2.05, 4.69) is 49.5 Å². The summed E-state index contributed by atoms with van der Waals surface area (Å²) in [6.45, 7) is 6.75. The van der Waals surface area contributed by atoms with Gasteiger partial charge in [-0.1, -0.05) is 50.3 Å². The van der Waals surface area contributed by atoms with E-state index in [9.17, 15) is 18.3 Å². The highest BCUT2D eigenvalue weighted by molar-refractivity contribution is 7.89. The molecule has 1 aliphatic heterocycles. The lowest BCUT2D eigenvalue weighted by Gasteiger charge is -2.49. The standard InChI is InChI=1S/C26H36N2O4S/c1-19(29)27-17-26(30)16-21-9-11-25(26,23(21,2)3)18-33(31,32)28-14-12-24(13-15-28)10-8-20-6-4-5-7-22(20)24/h4-8,10,21,30H,9,11-18H2,1-3H3,(H,27,29)/t21-,25+,26+/m1/s1. The minimum Gasteiger partial charge on any atom is -0.387 e. The van der Waals surface area contributed by atoms with Crippen molar-refractivity contribution in [3.63, 3.8) is 0 Å². The lowest BCUT2D eigenvalue weighted by Crippen LogP contribution is -2.60. The fourth-order valence-electron chi connectivity index (χ4n) is 7.63. The molecule has 0 radical (unpaired) electrons. The number of piperidine rings is 1. The normalized spacial score (nSPS) is 34.0. The molecule has 180 valence electrons. The minimum atomic E-state index is -3.58. The van der Waals surface area contributed by atoms with Crippen molar-refractivity contribution in [1.82, 2.24) is 9.62 Å². The predicted molar refractivity (Wildman–Crippen MR) is 129 cm³/mol. The summed E-state index contributed by atoms with van der Waals surface area (Å²) in [5.74, 6) is 0.00314. The molecule has 2 N–H and O–H groups in total. The van der Waals surface area contributed by atoms with Gasteiger partial charge in [-0.3, -0.25) is 4.79 Å². The number of hydrogen-bond acceptors (Lipinski definition) is 4. The fraction of sp³-hybridized carbons (Fsp3) is 0.654. The van der Waals surface area contributed by atoms with Gasteiger partial charge < -0.3 is 10.4 Å². The van der Waals surface area contributed by atoms with Crippen molar-refractivity contribution in [1.29, 1.82) is 0 Å². The molecular formula is C26H36N2O4S. The molecule has 1 aromatic carbocycles. The van der Waals surface area contributed by atoms with E-state index in [1.165, 1.54) is 18.1 Å². The van der Waals surface area contributed by atoms with Gasteiger partial charge in [0.2, 0.25) is 15.9 Å². The molecule has 5 rings (SSSR count). The second kappa shape index (κ2) is 7.40. The number of nitrogens with one attached hydrogen (secondary N) is 1. The molecule has 3 fully saturated rings. The maximum absolute atomic E-state index is 13.8. The van der Waals surface area contributed by atoms with Gasteiger partial charge >= 0.3 is 0 Å². The Morgan fingerprint density at radius 1 is 1.18 bits per heavy atom. The van der Waals surface area contributed by atoms with Crippen LogP contribution in [0.2, 0.25) is 0 Å². The first-order valence-corrected chi connectivity index (χ1v) is 13.8. The molecule has 3 atom stereocenters. The van der Waals surface area contributed by atoms with Crippen LogP contribution >= 0.6 is 0 Å². The topological polar surface area (TPSA) is 86.7 Å². The lowest BCUT2D eigenvalue weighted by molar-refractivity contribution is -0.124. The summed E-state index contributed by atoms with van der Waals surface area (Å²) < 4.78 is 29.2. The number of benzene rings is 1. The number of hydrogen-bond donors (Lipinski definition) is 2. The van der Waals surface area contributed by atoms with Crippen LogP contribution in [0.25, 0.3) is 6.08 Å². The number of rotatable bonds is 5. The summed E-state index contributed by atoms with van der Waals surface area (Å²) in [7, 11) is -3.58. The molecule has 1 heterocycles.